The van der Waals surface area contributed by atoms with E-state index in [-0.39, 0.29) is 25.7 Å². The van der Waals surface area contributed by atoms with Gasteiger partial charge in [0.1, 0.15) is 19.3 Å². The van der Waals surface area contributed by atoms with Crippen LogP contribution in [0.4, 0.5) is 0 Å². The minimum absolute atomic E-state index is 0.109. The Morgan fingerprint density at radius 2 is 0.449 bits per heavy atom. The van der Waals surface area contributed by atoms with Crippen LogP contribution < -0.4 is 0 Å². The Morgan fingerprint density at radius 1 is 0.262 bits per heavy atom. The normalized spacial score (nSPS) is 14.0. The molecule has 0 aromatic heterocycles. The number of aliphatic hydroxyl groups excluding tert-OH is 1. The number of carbonyl (C=O) groups excluding carboxylic acids is 4. The Labute approximate surface area is 658 Å². The molecule has 0 fully saturated rings. The minimum Gasteiger partial charge on any atom is -0.462 e. The maximum atomic E-state index is 13.2. The van der Waals surface area contributed by atoms with Gasteiger partial charge in [0.15, 0.2) is 12.2 Å². The van der Waals surface area contributed by atoms with Crippen LogP contribution in [-0.2, 0) is 65.4 Å². The molecule has 3 unspecified atom stereocenters. The number of hydrogen-bond donors (Lipinski definition) is 3. The van der Waals surface area contributed by atoms with Crippen molar-refractivity contribution in [3.63, 3.8) is 0 Å². The number of rotatable bonds is 88. The first kappa shape index (κ1) is 105. The van der Waals surface area contributed by atoms with Gasteiger partial charge in [-0.3, -0.25) is 37.3 Å². The zero-order chi connectivity index (χ0) is 78.3. The van der Waals surface area contributed by atoms with Crippen LogP contribution in [0.5, 0.6) is 0 Å². The van der Waals surface area contributed by atoms with Crippen LogP contribution in [0.2, 0.25) is 0 Å². The maximum Gasteiger partial charge on any atom is 0.472 e. The van der Waals surface area contributed by atoms with Gasteiger partial charge in [0.25, 0.3) is 0 Å². The molecule has 0 saturated heterocycles. The molecule has 0 heterocycles. The van der Waals surface area contributed by atoms with Gasteiger partial charge in [-0.1, -0.05) is 426 Å². The summed E-state index contributed by atoms with van der Waals surface area (Å²) in [5.74, 6) is -1.23. The van der Waals surface area contributed by atoms with E-state index in [4.69, 9.17) is 37.0 Å². The topological polar surface area (TPSA) is 237 Å². The largest absolute Gasteiger partial charge is 0.472 e. The van der Waals surface area contributed by atoms with Crippen LogP contribution in [-0.4, -0.2) is 96.7 Å². The van der Waals surface area contributed by atoms with Gasteiger partial charge in [-0.2, -0.15) is 0 Å². The first-order valence-electron chi connectivity index (χ1n) is 45.7. The highest BCUT2D eigenvalue weighted by atomic mass is 31.2. The van der Waals surface area contributed by atoms with Crippen molar-refractivity contribution in [2.24, 2.45) is 5.92 Å². The van der Waals surface area contributed by atoms with Crippen LogP contribution >= 0.6 is 15.6 Å². The molecule has 19 heteroatoms. The molecule has 0 saturated carbocycles. The number of hydrogen-bond acceptors (Lipinski definition) is 15. The zero-order valence-corrected chi connectivity index (χ0v) is 72.1. The molecule has 0 rings (SSSR count). The third-order valence-corrected chi connectivity index (χ3v) is 23.0. The molecule has 0 aliphatic heterocycles. The Kier molecular flexibility index (Phi) is 79.2. The lowest BCUT2D eigenvalue weighted by molar-refractivity contribution is -0.161. The summed E-state index contributed by atoms with van der Waals surface area (Å²) in [5, 5.41) is 10.7. The van der Waals surface area contributed by atoms with E-state index in [2.05, 4.69) is 34.6 Å². The van der Waals surface area contributed by atoms with Crippen LogP contribution in [0.1, 0.15) is 478 Å². The second kappa shape index (κ2) is 80.7. The number of aliphatic hydroxyl groups is 1. The Bertz CT molecular complexity index is 2030. The lowest BCUT2D eigenvalue weighted by Gasteiger charge is -2.21. The first-order chi connectivity index (χ1) is 52.1. The molecule has 636 valence electrons. The molecule has 107 heavy (non-hydrogen) atoms. The number of unbranched alkanes of at least 4 members (excludes halogenated alkanes) is 59. The molecule has 0 spiro atoms. The summed E-state index contributed by atoms with van der Waals surface area (Å²) in [6.07, 6.45) is 75.0. The van der Waals surface area contributed by atoms with E-state index >= 15 is 0 Å². The highest BCUT2D eigenvalue weighted by Crippen LogP contribution is 2.45. The highest BCUT2D eigenvalue weighted by molar-refractivity contribution is 7.47. The number of phosphoric ester groups is 2. The second-order valence-corrected chi connectivity index (χ2v) is 34.8. The van der Waals surface area contributed by atoms with Crippen molar-refractivity contribution in [1.29, 1.82) is 0 Å². The lowest BCUT2D eigenvalue weighted by atomic mass is 9.99. The fourth-order valence-electron chi connectivity index (χ4n) is 13.8. The van der Waals surface area contributed by atoms with Crippen LogP contribution in [0.15, 0.2) is 0 Å². The molecule has 0 aliphatic rings. The smallest absolute Gasteiger partial charge is 0.462 e. The van der Waals surface area contributed by atoms with E-state index in [0.29, 0.717) is 25.7 Å². The molecule has 0 aromatic carbocycles. The summed E-state index contributed by atoms with van der Waals surface area (Å²) in [5.41, 5.74) is 0. The summed E-state index contributed by atoms with van der Waals surface area (Å²) in [6.45, 7) is 7.43. The average Bonchev–Trinajstić information content (AvgIpc) is 0.902. The van der Waals surface area contributed by atoms with E-state index in [0.717, 1.165) is 95.8 Å². The quantitative estimate of drug-likeness (QED) is 0.0222. The second-order valence-electron chi connectivity index (χ2n) is 31.9. The zero-order valence-electron chi connectivity index (χ0n) is 70.3. The number of ether oxygens (including phenoxy) is 4. The van der Waals surface area contributed by atoms with Crippen LogP contribution in [0, 0.1) is 5.92 Å². The van der Waals surface area contributed by atoms with E-state index in [9.17, 15) is 43.2 Å². The first-order valence-corrected chi connectivity index (χ1v) is 48.7. The van der Waals surface area contributed by atoms with Crippen LogP contribution in [0.3, 0.4) is 0 Å². The predicted octanol–water partition coefficient (Wildman–Crippen LogP) is 27.2. The van der Waals surface area contributed by atoms with Crippen molar-refractivity contribution in [2.45, 2.75) is 496 Å². The SMILES string of the molecule is CCCCCCCCCCCCCCCCCCCCCC(=O)OC[C@H](COP(=O)(O)OC[C@@H](O)COP(=O)(O)OC[C@@H](COC(=O)CCCCCCCCCCC)OC(=O)CCCCCCCCCCCCCCCCCCC)OC(=O)CCCCCCCCCCCCCCCCCCCCC(C)CC. The summed E-state index contributed by atoms with van der Waals surface area (Å²) < 4.78 is 68.9. The summed E-state index contributed by atoms with van der Waals surface area (Å²) in [7, 11) is -9.93. The van der Waals surface area contributed by atoms with E-state index < -0.39 is 97.5 Å². The molecular weight excluding hydrogens is 1390 g/mol. The summed E-state index contributed by atoms with van der Waals surface area (Å²) in [4.78, 5) is 73.2. The minimum atomic E-state index is -4.97. The van der Waals surface area contributed by atoms with Gasteiger partial charge in [0.2, 0.25) is 0 Å². The Morgan fingerprint density at radius 3 is 0.664 bits per heavy atom. The van der Waals surface area contributed by atoms with Gasteiger partial charge in [0, 0.05) is 25.7 Å². The Hall–Kier alpha value is -1.94. The van der Waals surface area contributed by atoms with E-state index in [1.807, 2.05) is 0 Å². The summed E-state index contributed by atoms with van der Waals surface area (Å²) in [6, 6.07) is 0. The van der Waals surface area contributed by atoms with E-state index in [1.54, 1.807) is 0 Å². The van der Waals surface area contributed by atoms with E-state index in [1.165, 1.54) is 302 Å². The van der Waals surface area contributed by atoms with Gasteiger partial charge < -0.3 is 33.8 Å². The number of esters is 4. The van der Waals surface area contributed by atoms with Crippen molar-refractivity contribution in [1.82, 2.24) is 0 Å². The van der Waals surface area contributed by atoms with Gasteiger partial charge >= 0.3 is 39.5 Å². The molecule has 0 bridgehead atoms. The lowest BCUT2D eigenvalue weighted by Crippen LogP contribution is -2.30. The molecule has 0 aromatic rings. The van der Waals surface area contributed by atoms with Gasteiger partial charge in [-0.05, 0) is 31.6 Å². The molecule has 0 aliphatic carbocycles. The fourth-order valence-corrected chi connectivity index (χ4v) is 15.4. The predicted molar refractivity (Wildman–Crippen MR) is 442 cm³/mol. The van der Waals surface area contributed by atoms with Crippen molar-refractivity contribution >= 4 is 39.5 Å². The third-order valence-electron chi connectivity index (χ3n) is 21.1. The van der Waals surface area contributed by atoms with Gasteiger partial charge in [0.05, 0.1) is 26.4 Å². The molecular formula is C88H172O17P2. The summed E-state index contributed by atoms with van der Waals surface area (Å²) >= 11 is 0. The highest BCUT2D eigenvalue weighted by Gasteiger charge is 2.30. The standard InChI is InChI=1S/C88H172O17P2/c1-6-10-13-16-19-22-24-26-28-30-31-36-39-43-47-52-57-62-67-72-86(91)99-78-84(105-88(93)74-69-64-59-54-49-45-41-37-33-32-35-38-42-46-51-55-60-65-70-81(5)9-4)80-103-107(96,97)101-76-82(89)75-100-106(94,95)102-79-83(77-98-85(90)71-66-61-56-50-21-18-15-12-8-3)104-87(92)73-68-63-58-53-48-44-40-34-29-27-25-23-20-17-14-11-7-2/h81-84,89H,6-80H2,1-5H3,(H,94,95)(H,96,97)/t81?,82-,83+,84+/m0/s1. The average molecular weight is 1560 g/mol. The third kappa shape index (κ3) is 80.5. The number of carbonyl (C=O) groups is 4. The molecule has 0 amide bonds. The van der Waals surface area contributed by atoms with Crippen molar-refractivity contribution < 1.29 is 80.2 Å². The van der Waals surface area contributed by atoms with Crippen LogP contribution in [0.25, 0.3) is 0 Å². The van der Waals surface area contributed by atoms with Crippen molar-refractivity contribution in [3.05, 3.63) is 0 Å². The van der Waals surface area contributed by atoms with Gasteiger partial charge in [-0.25, -0.2) is 9.13 Å². The monoisotopic (exact) mass is 1560 g/mol. The molecule has 3 N–H and O–H groups in total. The fraction of sp³-hybridized carbons (Fsp3) is 0.955. The molecule has 0 radical (unpaired) electrons. The maximum absolute atomic E-state index is 13.2. The number of phosphoric acid groups is 2. The Balaban J connectivity index is 5.20. The molecule has 6 atom stereocenters. The van der Waals surface area contributed by atoms with Crippen molar-refractivity contribution in [2.75, 3.05) is 39.6 Å². The molecule has 17 nitrogen and oxygen atoms in total. The van der Waals surface area contributed by atoms with Gasteiger partial charge in [-0.15, -0.1) is 0 Å². The van der Waals surface area contributed by atoms with Crippen molar-refractivity contribution in [3.8, 4) is 0 Å².